The molecule has 19 heavy (non-hydrogen) atoms. The number of amides is 1. The van der Waals surface area contributed by atoms with Gasteiger partial charge in [-0.2, -0.15) is 0 Å². The van der Waals surface area contributed by atoms with Crippen molar-refractivity contribution in [1.82, 2.24) is 10.2 Å². The van der Waals surface area contributed by atoms with Crippen molar-refractivity contribution in [3.8, 4) is 0 Å². The summed E-state index contributed by atoms with van der Waals surface area (Å²) in [6.45, 7) is 8.48. The quantitative estimate of drug-likeness (QED) is 0.810. The molecular weight excluding hydrogens is 248 g/mol. The number of alkyl carbamates (subject to hydrolysis) is 1. The zero-order valence-corrected chi connectivity index (χ0v) is 12.2. The Morgan fingerprint density at radius 2 is 1.74 bits per heavy atom. The normalized spacial score (nSPS) is 19.8. The molecule has 0 aromatic heterocycles. The molecule has 0 spiro atoms. The number of hydrogen-bond donors (Lipinski definition) is 2. The molecule has 0 saturated carbocycles. The zero-order chi connectivity index (χ0) is 14.7. The predicted molar refractivity (Wildman–Crippen MR) is 71.1 cm³/mol. The SMILES string of the molecule is CC(C)(C)OC(=O)NC[C@@](C)(C(=O)O)N1CCCC1. The molecule has 1 rings (SSSR count). The Balaban J connectivity index is 2.59. The molecule has 1 amide bonds. The zero-order valence-electron chi connectivity index (χ0n) is 12.2. The number of rotatable bonds is 4. The maximum absolute atomic E-state index is 11.6. The van der Waals surface area contributed by atoms with Crippen molar-refractivity contribution >= 4 is 12.1 Å². The first kappa shape index (κ1) is 15.8. The van der Waals surface area contributed by atoms with E-state index < -0.39 is 23.2 Å². The van der Waals surface area contributed by atoms with Gasteiger partial charge in [0.25, 0.3) is 0 Å². The van der Waals surface area contributed by atoms with E-state index in [-0.39, 0.29) is 6.54 Å². The highest BCUT2D eigenvalue weighted by Gasteiger charge is 2.41. The van der Waals surface area contributed by atoms with Gasteiger partial charge in [0.15, 0.2) is 0 Å². The average molecular weight is 272 g/mol. The number of ether oxygens (including phenoxy) is 1. The largest absolute Gasteiger partial charge is 0.480 e. The predicted octanol–water partition coefficient (Wildman–Crippen LogP) is 1.45. The number of nitrogens with zero attached hydrogens (tertiary/aromatic N) is 1. The van der Waals surface area contributed by atoms with E-state index in [4.69, 9.17) is 4.74 Å². The summed E-state index contributed by atoms with van der Waals surface area (Å²) in [7, 11) is 0. The second-order valence-electron chi connectivity index (χ2n) is 6.13. The first-order chi connectivity index (χ1) is 8.65. The summed E-state index contributed by atoms with van der Waals surface area (Å²) in [5, 5.41) is 12.0. The second-order valence-corrected chi connectivity index (χ2v) is 6.13. The van der Waals surface area contributed by atoms with Crippen LogP contribution in [-0.2, 0) is 9.53 Å². The molecule has 6 nitrogen and oxygen atoms in total. The van der Waals surface area contributed by atoms with Gasteiger partial charge in [0.1, 0.15) is 11.1 Å². The van der Waals surface area contributed by atoms with Crippen LogP contribution in [0.2, 0.25) is 0 Å². The van der Waals surface area contributed by atoms with Crippen LogP contribution in [0.5, 0.6) is 0 Å². The summed E-state index contributed by atoms with van der Waals surface area (Å²) in [6.07, 6.45) is 1.41. The smallest absolute Gasteiger partial charge is 0.407 e. The molecule has 1 saturated heterocycles. The van der Waals surface area contributed by atoms with E-state index in [9.17, 15) is 14.7 Å². The lowest BCUT2D eigenvalue weighted by molar-refractivity contribution is -0.149. The second kappa shape index (κ2) is 5.77. The van der Waals surface area contributed by atoms with Crippen molar-refractivity contribution in [3.63, 3.8) is 0 Å². The Morgan fingerprint density at radius 1 is 1.21 bits per heavy atom. The van der Waals surface area contributed by atoms with Gasteiger partial charge in [-0.3, -0.25) is 9.69 Å². The van der Waals surface area contributed by atoms with Gasteiger partial charge in [-0.05, 0) is 53.6 Å². The number of carboxylic acid groups (broad SMARTS) is 1. The van der Waals surface area contributed by atoms with Crippen LogP contribution in [0, 0.1) is 0 Å². The number of nitrogens with one attached hydrogen (secondary N) is 1. The fraction of sp³-hybridized carbons (Fsp3) is 0.846. The van der Waals surface area contributed by atoms with Gasteiger partial charge in [0.05, 0.1) is 0 Å². The van der Waals surface area contributed by atoms with Gasteiger partial charge in [-0.15, -0.1) is 0 Å². The molecule has 0 aromatic carbocycles. The number of carboxylic acids is 1. The minimum absolute atomic E-state index is 0.0389. The van der Waals surface area contributed by atoms with Crippen LogP contribution < -0.4 is 5.32 Å². The summed E-state index contributed by atoms with van der Waals surface area (Å²) in [6, 6.07) is 0. The number of hydrogen-bond acceptors (Lipinski definition) is 4. The Morgan fingerprint density at radius 3 is 2.16 bits per heavy atom. The van der Waals surface area contributed by atoms with E-state index in [2.05, 4.69) is 5.32 Å². The van der Waals surface area contributed by atoms with Gasteiger partial charge in [-0.25, -0.2) is 4.79 Å². The molecule has 1 fully saturated rings. The average Bonchev–Trinajstić information content (AvgIpc) is 2.76. The summed E-state index contributed by atoms with van der Waals surface area (Å²) < 4.78 is 5.11. The molecule has 1 atom stereocenters. The van der Waals surface area contributed by atoms with Crippen LogP contribution in [0.4, 0.5) is 4.79 Å². The molecule has 1 aliphatic rings. The monoisotopic (exact) mass is 272 g/mol. The van der Waals surface area contributed by atoms with Crippen LogP contribution >= 0.6 is 0 Å². The van der Waals surface area contributed by atoms with Crippen molar-refractivity contribution in [2.24, 2.45) is 0 Å². The van der Waals surface area contributed by atoms with Crippen LogP contribution in [0.3, 0.4) is 0 Å². The third-order valence-electron chi connectivity index (χ3n) is 3.24. The van der Waals surface area contributed by atoms with Gasteiger partial charge in [0.2, 0.25) is 0 Å². The Labute approximate surface area is 114 Å². The van der Waals surface area contributed by atoms with Crippen molar-refractivity contribution in [1.29, 1.82) is 0 Å². The molecule has 0 bridgehead atoms. The van der Waals surface area contributed by atoms with E-state index in [1.54, 1.807) is 27.7 Å². The molecule has 1 aliphatic heterocycles. The van der Waals surface area contributed by atoms with Crippen LogP contribution in [0.25, 0.3) is 0 Å². The minimum atomic E-state index is -1.08. The lowest BCUT2D eigenvalue weighted by atomic mass is 10.0. The highest BCUT2D eigenvalue weighted by atomic mass is 16.6. The van der Waals surface area contributed by atoms with Crippen molar-refractivity contribution < 1.29 is 19.4 Å². The van der Waals surface area contributed by atoms with E-state index in [1.165, 1.54) is 0 Å². The standard InChI is InChI=1S/C13H24N2O4/c1-12(2,3)19-11(18)14-9-13(4,10(16)17)15-7-5-6-8-15/h5-9H2,1-4H3,(H,14,18)(H,16,17)/t13-/m0/s1. The molecule has 0 radical (unpaired) electrons. The van der Waals surface area contributed by atoms with E-state index >= 15 is 0 Å². The van der Waals surface area contributed by atoms with E-state index in [1.807, 2.05) is 4.90 Å². The molecule has 2 N–H and O–H groups in total. The number of aliphatic carboxylic acids is 1. The Hall–Kier alpha value is -1.30. The van der Waals surface area contributed by atoms with Gasteiger partial charge < -0.3 is 15.2 Å². The van der Waals surface area contributed by atoms with Gasteiger partial charge in [-0.1, -0.05) is 0 Å². The van der Waals surface area contributed by atoms with Crippen LogP contribution in [-0.4, -0.2) is 52.8 Å². The maximum atomic E-state index is 11.6. The topological polar surface area (TPSA) is 78.9 Å². The van der Waals surface area contributed by atoms with Crippen molar-refractivity contribution in [2.75, 3.05) is 19.6 Å². The Kier molecular flexibility index (Phi) is 4.79. The number of carbonyl (C=O) groups is 2. The van der Waals surface area contributed by atoms with E-state index in [0.717, 1.165) is 25.9 Å². The van der Waals surface area contributed by atoms with Crippen LogP contribution in [0.15, 0.2) is 0 Å². The molecule has 1 heterocycles. The Bertz CT molecular complexity index is 345. The molecule has 6 heteroatoms. The lowest BCUT2D eigenvalue weighted by Gasteiger charge is -2.35. The number of likely N-dealkylation sites (tertiary alicyclic amines) is 1. The third kappa shape index (κ3) is 4.38. The summed E-state index contributed by atoms with van der Waals surface area (Å²) >= 11 is 0. The van der Waals surface area contributed by atoms with Crippen molar-refractivity contribution in [3.05, 3.63) is 0 Å². The third-order valence-corrected chi connectivity index (χ3v) is 3.24. The summed E-state index contributed by atoms with van der Waals surface area (Å²) in [5.74, 6) is -0.926. The van der Waals surface area contributed by atoms with Gasteiger partial charge >= 0.3 is 12.1 Å². The van der Waals surface area contributed by atoms with Crippen molar-refractivity contribution in [2.45, 2.75) is 51.7 Å². The highest BCUT2D eigenvalue weighted by Crippen LogP contribution is 2.21. The fourth-order valence-corrected chi connectivity index (χ4v) is 2.09. The van der Waals surface area contributed by atoms with Crippen LogP contribution in [0.1, 0.15) is 40.5 Å². The molecule has 0 aromatic rings. The maximum Gasteiger partial charge on any atom is 0.407 e. The summed E-state index contributed by atoms with van der Waals surface area (Å²) in [5.41, 5.74) is -1.66. The molecule has 110 valence electrons. The fourth-order valence-electron chi connectivity index (χ4n) is 2.09. The summed E-state index contributed by atoms with van der Waals surface area (Å²) in [4.78, 5) is 25.0. The minimum Gasteiger partial charge on any atom is -0.480 e. The first-order valence-corrected chi connectivity index (χ1v) is 6.60. The van der Waals surface area contributed by atoms with Gasteiger partial charge in [0, 0.05) is 6.54 Å². The molecule has 0 unspecified atom stereocenters. The highest BCUT2D eigenvalue weighted by molar-refractivity contribution is 5.80. The lowest BCUT2D eigenvalue weighted by Crippen LogP contribution is -2.58. The first-order valence-electron chi connectivity index (χ1n) is 6.60. The number of carbonyl (C=O) groups excluding carboxylic acids is 1. The molecule has 0 aliphatic carbocycles. The van der Waals surface area contributed by atoms with E-state index in [0.29, 0.717) is 0 Å². The molecular formula is C13H24N2O4.